The number of hydrogen-bond acceptors (Lipinski definition) is 4. The molecule has 0 unspecified atom stereocenters. The molecule has 1 aromatic carbocycles. The first-order valence-electron chi connectivity index (χ1n) is 7.81. The molecule has 0 aliphatic carbocycles. The molecule has 3 aromatic rings. The Kier molecular flexibility index (Phi) is 3.82. The van der Waals surface area contributed by atoms with Gasteiger partial charge in [0.1, 0.15) is 5.82 Å². The second-order valence-electron chi connectivity index (χ2n) is 5.71. The summed E-state index contributed by atoms with van der Waals surface area (Å²) < 4.78 is 1.76. The molecule has 1 saturated heterocycles. The molecular formula is C17H16ClN5O. The maximum Gasteiger partial charge on any atom is 0.254 e. The molecule has 4 rings (SSSR count). The van der Waals surface area contributed by atoms with Gasteiger partial charge in [-0.15, -0.1) is 5.10 Å². The third-order valence-electron chi connectivity index (χ3n) is 4.20. The van der Waals surface area contributed by atoms with Gasteiger partial charge in [-0.1, -0.05) is 17.7 Å². The number of halogens is 1. The molecule has 24 heavy (non-hydrogen) atoms. The third-order valence-corrected chi connectivity index (χ3v) is 4.44. The van der Waals surface area contributed by atoms with Gasteiger partial charge >= 0.3 is 0 Å². The number of anilines is 1. The van der Waals surface area contributed by atoms with Gasteiger partial charge in [0.05, 0.1) is 0 Å². The molecule has 1 aliphatic heterocycles. The van der Waals surface area contributed by atoms with Gasteiger partial charge in [-0.3, -0.25) is 4.79 Å². The maximum atomic E-state index is 12.6. The molecule has 2 aromatic heterocycles. The first kappa shape index (κ1) is 15.0. The number of fused-ring (bicyclic) bond motifs is 1. The Morgan fingerprint density at radius 1 is 1.08 bits per heavy atom. The van der Waals surface area contributed by atoms with Crippen LogP contribution >= 0.6 is 11.6 Å². The van der Waals surface area contributed by atoms with Crippen molar-refractivity contribution < 1.29 is 4.79 Å². The topological polar surface area (TPSA) is 53.7 Å². The average molecular weight is 342 g/mol. The van der Waals surface area contributed by atoms with Crippen molar-refractivity contribution in [1.82, 2.24) is 19.5 Å². The number of hydrogen-bond donors (Lipinski definition) is 0. The van der Waals surface area contributed by atoms with Crippen molar-refractivity contribution >= 4 is 29.0 Å². The molecule has 122 valence electrons. The summed E-state index contributed by atoms with van der Waals surface area (Å²) in [5.41, 5.74) is 1.46. The lowest BCUT2D eigenvalue weighted by Gasteiger charge is -2.35. The highest BCUT2D eigenvalue weighted by atomic mass is 35.5. The molecule has 0 spiro atoms. The Morgan fingerprint density at radius 2 is 1.92 bits per heavy atom. The van der Waals surface area contributed by atoms with Gasteiger partial charge in [0, 0.05) is 49.2 Å². The highest BCUT2D eigenvalue weighted by Gasteiger charge is 2.23. The Balaban J connectivity index is 1.45. The Hall–Kier alpha value is -2.60. The van der Waals surface area contributed by atoms with Crippen LogP contribution in [0.1, 0.15) is 10.4 Å². The second kappa shape index (κ2) is 6.13. The molecule has 0 bridgehead atoms. The first-order chi connectivity index (χ1) is 11.7. The zero-order chi connectivity index (χ0) is 16.5. The summed E-state index contributed by atoms with van der Waals surface area (Å²) in [7, 11) is 0. The van der Waals surface area contributed by atoms with E-state index in [1.54, 1.807) is 35.0 Å². The van der Waals surface area contributed by atoms with E-state index in [4.69, 9.17) is 11.6 Å². The molecule has 0 N–H and O–H groups in total. The SMILES string of the molecule is O=C(c1cccc(Cl)c1)N1CCN(c2ccc3nccn3n2)CC1. The van der Waals surface area contributed by atoms with Crippen LogP contribution in [0.2, 0.25) is 5.02 Å². The molecule has 0 saturated carbocycles. The number of rotatable bonds is 2. The third kappa shape index (κ3) is 2.80. The summed E-state index contributed by atoms with van der Waals surface area (Å²) >= 11 is 5.97. The van der Waals surface area contributed by atoms with E-state index in [0.717, 1.165) is 24.6 Å². The van der Waals surface area contributed by atoms with Crippen LogP contribution in [0, 0.1) is 0 Å². The van der Waals surface area contributed by atoms with Gasteiger partial charge in [0.15, 0.2) is 5.65 Å². The van der Waals surface area contributed by atoms with Gasteiger partial charge in [-0.05, 0) is 30.3 Å². The second-order valence-corrected chi connectivity index (χ2v) is 6.15. The van der Waals surface area contributed by atoms with E-state index in [9.17, 15) is 4.79 Å². The van der Waals surface area contributed by atoms with Crippen LogP contribution in [0.4, 0.5) is 5.82 Å². The number of amides is 1. The molecule has 1 amide bonds. The quantitative estimate of drug-likeness (QED) is 0.718. The monoisotopic (exact) mass is 341 g/mol. The van der Waals surface area contributed by atoms with Crippen LogP contribution in [0.3, 0.4) is 0 Å². The minimum absolute atomic E-state index is 0.0233. The zero-order valence-electron chi connectivity index (χ0n) is 13.0. The maximum absolute atomic E-state index is 12.6. The summed E-state index contributed by atoms with van der Waals surface area (Å²) in [6.07, 6.45) is 3.56. The minimum atomic E-state index is 0.0233. The fraction of sp³-hybridized carbons (Fsp3) is 0.235. The molecule has 0 radical (unpaired) electrons. The van der Waals surface area contributed by atoms with Crippen molar-refractivity contribution in [2.24, 2.45) is 0 Å². The Morgan fingerprint density at radius 3 is 2.71 bits per heavy atom. The van der Waals surface area contributed by atoms with Crippen molar-refractivity contribution in [2.75, 3.05) is 31.1 Å². The van der Waals surface area contributed by atoms with Gasteiger partial charge in [-0.2, -0.15) is 0 Å². The number of carbonyl (C=O) groups excluding carboxylic acids is 1. The average Bonchev–Trinajstić information content (AvgIpc) is 3.09. The molecule has 6 nitrogen and oxygen atoms in total. The van der Waals surface area contributed by atoms with Gasteiger partial charge in [-0.25, -0.2) is 9.50 Å². The number of nitrogens with zero attached hydrogens (tertiary/aromatic N) is 5. The lowest BCUT2D eigenvalue weighted by Crippen LogP contribution is -2.49. The largest absolute Gasteiger partial charge is 0.352 e. The fourth-order valence-electron chi connectivity index (χ4n) is 2.92. The van der Waals surface area contributed by atoms with Crippen molar-refractivity contribution in [3.63, 3.8) is 0 Å². The van der Waals surface area contributed by atoms with Crippen molar-refractivity contribution in [2.45, 2.75) is 0 Å². The van der Waals surface area contributed by atoms with Crippen LogP contribution in [0.25, 0.3) is 5.65 Å². The number of benzene rings is 1. The Labute approximate surface area is 144 Å². The summed E-state index contributed by atoms with van der Waals surface area (Å²) in [4.78, 5) is 20.8. The fourth-order valence-corrected chi connectivity index (χ4v) is 3.11. The standard InChI is InChI=1S/C17H16ClN5O/c18-14-3-1-2-13(12-14)17(24)22-10-8-21(9-11-22)16-5-4-15-19-6-7-23(15)20-16/h1-7,12H,8-11H2. The summed E-state index contributed by atoms with van der Waals surface area (Å²) in [5.74, 6) is 0.922. The summed E-state index contributed by atoms with van der Waals surface area (Å²) in [6.45, 7) is 2.82. The highest BCUT2D eigenvalue weighted by Crippen LogP contribution is 2.17. The zero-order valence-corrected chi connectivity index (χ0v) is 13.7. The normalized spacial score (nSPS) is 15.0. The molecular weight excluding hydrogens is 326 g/mol. The van der Waals surface area contributed by atoms with E-state index in [1.807, 2.05) is 23.2 Å². The van der Waals surface area contributed by atoms with Crippen molar-refractivity contribution in [3.05, 3.63) is 59.4 Å². The van der Waals surface area contributed by atoms with Crippen molar-refractivity contribution in [1.29, 1.82) is 0 Å². The van der Waals surface area contributed by atoms with Gasteiger partial charge in [0.25, 0.3) is 5.91 Å². The van der Waals surface area contributed by atoms with Crippen molar-refractivity contribution in [3.8, 4) is 0 Å². The number of imidazole rings is 1. The van der Waals surface area contributed by atoms with E-state index >= 15 is 0 Å². The number of carbonyl (C=O) groups is 1. The lowest BCUT2D eigenvalue weighted by molar-refractivity contribution is 0.0746. The van der Waals surface area contributed by atoms with Crippen LogP contribution in [0.15, 0.2) is 48.8 Å². The van der Waals surface area contributed by atoms with Crippen LogP contribution in [-0.4, -0.2) is 51.6 Å². The molecule has 3 heterocycles. The van der Waals surface area contributed by atoms with Crippen LogP contribution in [0.5, 0.6) is 0 Å². The number of piperazine rings is 1. The smallest absolute Gasteiger partial charge is 0.254 e. The highest BCUT2D eigenvalue weighted by molar-refractivity contribution is 6.30. The van der Waals surface area contributed by atoms with E-state index < -0.39 is 0 Å². The molecule has 1 fully saturated rings. The lowest BCUT2D eigenvalue weighted by atomic mass is 10.2. The Bertz CT molecular complexity index is 885. The first-order valence-corrected chi connectivity index (χ1v) is 8.19. The molecule has 1 aliphatic rings. The van der Waals surface area contributed by atoms with Crippen LogP contribution in [-0.2, 0) is 0 Å². The number of aromatic nitrogens is 3. The predicted molar refractivity (Wildman–Crippen MR) is 92.6 cm³/mol. The minimum Gasteiger partial charge on any atom is -0.352 e. The molecule has 0 atom stereocenters. The summed E-state index contributed by atoms with van der Waals surface area (Å²) in [5, 5.41) is 5.14. The van der Waals surface area contributed by atoms with E-state index in [1.165, 1.54) is 0 Å². The van der Waals surface area contributed by atoms with Gasteiger partial charge in [0.2, 0.25) is 0 Å². The molecule has 7 heteroatoms. The summed E-state index contributed by atoms with van der Waals surface area (Å²) in [6, 6.07) is 11.0. The van der Waals surface area contributed by atoms with Crippen LogP contribution < -0.4 is 4.90 Å². The van der Waals surface area contributed by atoms with E-state index in [2.05, 4.69) is 15.0 Å². The predicted octanol–water partition coefficient (Wildman–Crippen LogP) is 2.35. The van der Waals surface area contributed by atoms with Gasteiger partial charge < -0.3 is 9.80 Å². The van der Waals surface area contributed by atoms with E-state index in [0.29, 0.717) is 23.7 Å². The van der Waals surface area contributed by atoms with E-state index in [-0.39, 0.29) is 5.91 Å².